The summed E-state index contributed by atoms with van der Waals surface area (Å²) >= 11 is 1.22. The minimum atomic E-state index is -0.621. The van der Waals surface area contributed by atoms with Crippen LogP contribution in [0.1, 0.15) is 37.8 Å². The van der Waals surface area contributed by atoms with Crippen LogP contribution in [-0.2, 0) is 32.0 Å². The zero-order chi connectivity index (χ0) is 28.1. The van der Waals surface area contributed by atoms with Crippen LogP contribution in [0.15, 0.2) is 76.0 Å². The van der Waals surface area contributed by atoms with E-state index in [1.54, 1.807) is 6.92 Å². The summed E-state index contributed by atoms with van der Waals surface area (Å²) in [5.74, 6) is -0.874. The Labute approximate surface area is 237 Å². The fourth-order valence-electron chi connectivity index (χ4n) is 4.99. The first-order chi connectivity index (χ1) is 19.5. The van der Waals surface area contributed by atoms with Crippen LogP contribution in [0.25, 0.3) is 17.0 Å². The van der Waals surface area contributed by atoms with Crippen LogP contribution in [0.5, 0.6) is 0 Å². The zero-order valence-corrected chi connectivity index (χ0v) is 23.5. The second kappa shape index (κ2) is 12.6. The summed E-state index contributed by atoms with van der Waals surface area (Å²) in [5, 5.41) is 15.5. The van der Waals surface area contributed by atoms with Gasteiger partial charge in [-0.05, 0) is 50.0 Å². The molecule has 1 saturated heterocycles. The van der Waals surface area contributed by atoms with Gasteiger partial charge in [-0.1, -0.05) is 55.1 Å². The molecular weight excluding hydrogens is 526 g/mol. The van der Waals surface area contributed by atoms with Crippen molar-refractivity contribution in [1.82, 2.24) is 9.88 Å². The number of aliphatic hydroxyl groups is 1. The van der Waals surface area contributed by atoms with Crippen LogP contribution in [0.3, 0.4) is 0 Å². The second-order valence-electron chi connectivity index (χ2n) is 9.63. The molecule has 1 amide bonds. The van der Waals surface area contributed by atoms with Crippen molar-refractivity contribution in [2.24, 2.45) is 4.99 Å². The Bertz CT molecular complexity index is 1500. The molecule has 2 N–H and O–H groups in total. The molecule has 40 heavy (non-hydrogen) atoms. The molecule has 3 aromatic rings. The fourth-order valence-corrected chi connectivity index (χ4v) is 6.01. The van der Waals surface area contributed by atoms with Crippen molar-refractivity contribution in [3.8, 4) is 0 Å². The molecule has 0 aliphatic carbocycles. The number of thioether (sulfide) groups is 1. The van der Waals surface area contributed by atoms with Gasteiger partial charge in [-0.25, -0.2) is 9.79 Å². The molecule has 8 nitrogen and oxygen atoms in total. The maximum absolute atomic E-state index is 12.9. The Morgan fingerprint density at radius 2 is 2.02 bits per heavy atom. The first kappa shape index (κ1) is 27.7. The van der Waals surface area contributed by atoms with Crippen molar-refractivity contribution in [2.45, 2.75) is 45.8 Å². The predicted molar refractivity (Wildman–Crippen MR) is 159 cm³/mol. The number of rotatable bonds is 9. The van der Waals surface area contributed by atoms with Gasteiger partial charge in [0.1, 0.15) is 22.9 Å². The topological polar surface area (TPSA) is 102 Å². The van der Waals surface area contributed by atoms with Crippen LogP contribution in [0.4, 0.5) is 5.69 Å². The summed E-state index contributed by atoms with van der Waals surface area (Å²) < 4.78 is 12.8. The van der Waals surface area contributed by atoms with Gasteiger partial charge in [-0.3, -0.25) is 4.79 Å². The predicted octanol–water partition coefficient (Wildman–Crippen LogP) is 5.69. The number of aryl methyl sites for hydroxylation is 1. The number of benzene rings is 2. The molecule has 0 saturated carbocycles. The molecule has 3 heterocycles. The normalized spacial score (nSPS) is 19.2. The fraction of sp³-hybridized carbons (Fsp3) is 0.323. The van der Waals surface area contributed by atoms with E-state index in [1.807, 2.05) is 59.3 Å². The summed E-state index contributed by atoms with van der Waals surface area (Å²) in [4.78, 5) is 30.8. The smallest absolute Gasteiger partial charge is 0.344 e. The monoisotopic (exact) mass is 559 g/mol. The van der Waals surface area contributed by atoms with Gasteiger partial charge in [-0.2, -0.15) is 0 Å². The van der Waals surface area contributed by atoms with Crippen molar-refractivity contribution >= 4 is 51.3 Å². The van der Waals surface area contributed by atoms with Gasteiger partial charge in [0.15, 0.2) is 0 Å². The van der Waals surface area contributed by atoms with Gasteiger partial charge in [0.25, 0.3) is 0 Å². The first-order valence-electron chi connectivity index (χ1n) is 13.6. The second-order valence-corrected chi connectivity index (χ2v) is 10.7. The van der Waals surface area contributed by atoms with E-state index in [1.165, 1.54) is 11.8 Å². The number of hydrogen-bond acceptors (Lipinski definition) is 7. The number of nitrogens with zero attached hydrogens (tertiary/aromatic N) is 2. The van der Waals surface area contributed by atoms with Crippen LogP contribution in [-0.4, -0.2) is 52.5 Å². The van der Waals surface area contributed by atoms with Crippen molar-refractivity contribution in [1.29, 1.82) is 0 Å². The zero-order valence-electron chi connectivity index (χ0n) is 22.7. The molecule has 208 valence electrons. The van der Waals surface area contributed by atoms with Crippen LogP contribution in [0.2, 0.25) is 0 Å². The van der Waals surface area contributed by atoms with E-state index in [0.29, 0.717) is 22.2 Å². The van der Waals surface area contributed by atoms with Gasteiger partial charge in [0.2, 0.25) is 5.91 Å². The molecule has 2 aliphatic rings. The van der Waals surface area contributed by atoms with E-state index in [-0.39, 0.29) is 36.5 Å². The largest absolute Gasteiger partial charge is 0.506 e. The van der Waals surface area contributed by atoms with Crippen LogP contribution in [0, 0.1) is 0 Å². The van der Waals surface area contributed by atoms with Crippen molar-refractivity contribution in [3.05, 3.63) is 82.1 Å². The van der Waals surface area contributed by atoms with Crippen LogP contribution < -0.4 is 5.32 Å². The minimum absolute atomic E-state index is 0.0495. The average molecular weight is 560 g/mol. The van der Waals surface area contributed by atoms with Crippen LogP contribution >= 0.6 is 11.8 Å². The lowest BCUT2D eigenvalue weighted by Gasteiger charge is -2.12. The lowest BCUT2D eigenvalue weighted by atomic mass is 10.1. The lowest BCUT2D eigenvalue weighted by molar-refractivity contribution is -0.138. The number of amides is 1. The maximum atomic E-state index is 12.9. The Balaban J connectivity index is 1.50. The number of nitrogens with one attached hydrogen (secondary N) is 1. The third kappa shape index (κ3) is 6.00. The van der Waals surface area contributed by atoms with E-state index in [4.69, 9.17) is 9.47 Å². The Morgan fingerprint density at radius 3 is 2.75 bits per heavy atom. The molecule has 2 aliphatic heterocycles. The highest BCUT2D eigenvalue weighted by Crippen LogP contribution is 2.41. The summed E-state index contributed by atoms with van der Waals surface area (Å²) in [6.45, 7) is 5.40. The molecule has 0 unspecified atom stereocenters. The van der Waals surface area contributed by atoms with Gasteiger partial charge in [0, 0.05) is 30.3 Å². The molecular formula is C31H33N3O5S. The van der Waals surface area contributed by atoms with Crippen molar-refractivity contribution in [2.75, 3.05) is 19.8 Å². The standard InChI is InChI=1S/C31H33N3O5S/c1-3-20-10-8-14-24-21(18-34(28(20)24)19-26(35)32-17-23-13-9-15-39-23)16-25-29(36)27(31(37)38-4-2)30(40-25)33-22-11-6-5-7-12-22/h5-8,10-12,14,16,18,23,36H,3-4,9,13,15,17,19H2,1-2H3,(H,32,35)/b25-16-,33-30?/t23-/m0/s1. The SMILES string of the molecule is CCOC(=O)C1=C(O)/C(=C/c2cn(CC(=O)NC[C@@H]3CCCO3)c3c(CC)cccc23)SC1=Nc1ccccc1. The van der Waals surface area contributed by atoms with Gasteiger partial charge in [0.05, 0.1) is 28.8 Å². The van der Waals surface area contributed by atoms with Gasteiger partial charge < -0.3 is 24.5 Å². The summed E-state index contributed by atoms with van der Waals surface area (Å²) in [6.07, 6.45) is 6.63. The number of esters is 1. The summed E-state index contributed by atoms with van der Waals surface area (Å²) in [5.41, 5.74) is 3.63. The number of para-hydroxylation sites is 2. The molecule has 1 atom stereocenters. The minimum Gasteiger partial charge on any atom is -0.506 e. The number of ether oxygens (including phenoxy) is 2. The maximum Gasteiger partial charge on any atom is 0.344 e. The third-order valence-corrected chi connectivity index (χ3v) is 7.92. The highest BCUT2D eigenvalue weighted by atomic mass is 32.2. The summed E-state index contributed by atoms with van der Waals surface area (Å²) in [7, 11) is 0. The van der Waals surface area contributed by atoms with E-state index < -0.39 is 5.97 Å². The lowest BCUT2D eigenvalue weighted by Crippen LogP contribution is -2.34. The number of hydrogen-bond donors (Lipinski definition) is 2. The Morgan fingerprint density at radius 1 is 1.20 bits per heavy atom. The van der Waals surface area contributed by atoms with Crippen molar-refractivity contribution in [3.63, 3.8) is 0 Å². The van der Waals surface area contributed by atoms with Gasteiger partial charge >= 0.3 is 5.97 Å². The third-order valence-electron chi connectivity index (χ3n) is 6.90. The van der Waals surface area contributed by atoms with Crippen molar-refractivity contribution < 1.29 is 24.2 Å². The van der Waals surface area contributed by atoms with Gasteiger partial charge in [-0.15, -0.1) is 0 Å². The molecule has 2 aromatic carbocycles. The average Bonchev–Trinajstić information content (AvgIpc) is 3.67. The Kier molecular flexibility index (Phi) is 8.72. The first-order valence-corrected chi connectivity index (χ1v) is 14.4. The number of carbonyl (C=O) groups excluding carboxylic acids is 2. The quantitative estimate of drug-likeness (QED) is 0.327. The summed E-state index contributed by atoms with van der Waals surface area (Å²) in [6, 6.07) is 15.3. The molecule has 0 radical (unpaired) electrons. The van der Waals surface area contributed by atoms with E-state index in [0.717, 1.165) is 47.9 Å². The Hall–Kier alpha value is -3.82. The molecule has 0 spiro atoms. The number of carbonyl (C=O) groups is 2. The molecule has 5 rings (SSSR count). The number of fused-ring (bicyclic) bond motifs is 1. The highest BCUT2D eigenvalue weighted by Gasteiger charge is 2.33. The van der Waals surface area contributed by atoms with E-state index in [9.17, 15) is 14.7 Å². The highest BCUT2D eigenvalue weighted by molar-refractivity contribution is 8.18. The number of aromatic nitrogens is 1. The molecule has 1 aromatic heterocycles. The van der Waals surface area contributed by atoms with E-state index >= 15 is 0 Å². The molecule has 9 heteroatoms. The number of aliphatic imine (C=N–C) groups is 1. The molecule has 1 fully saturated rings. The molecule has 0 bridgehead atoms. The van der Waals surface area contributed by atoms with E-state index in [2.05, 4.69) is 23.3 Å². The number of aliphatic hydroxyl groups excluding tert-OH is 1.